The number of aryl methyl sites for hydroxylation is 2. The van der Waals surface area contributed by atoms with Gasteiger partial charge in [-0.2, -0.15) is 4.31 Å². The Bertz CT molecular complexity index is 624. The molecule has 1 heterocycles. The molecule has 22 heavy (non-hydrogen) atoms. The van der Waals surface area contributed by atoms with Crippen molar-refractivity contribution in [3.8, 4) is 0 Å². The van der Waals surface area contributed by atoms with Gasteiger partial charge in [-0.15, -0.1) is 0 Å². The molecule has 0 aromatic heterocycles. The van der Waals surface area contributed by atoms with Crippen LogP contribution in [0.25, 0.3) is 0 Å². The molecule has 0 N–H and O–H groups in total. The SMILES string of the molecule is COC[C@@H]1C[C@@H](OC)CN1S(=O)(=O)c1cc(C)c(F)c(C)c1. The smallest absolute Gasteiger partial charge is 0.243 e. The molecule has 1 fully saturated rings. The second kappa shape index (κ2) is 6.62. The molecule has 0 amide bonds. The third kappa shape index (κ3) is 3.17. The molecular formula is C15H22FNO4S. The molecule has 0 saturated carbocycles. The summed E-state index contributed by atoms with van der Waals surface area (Å²) in [6.07, 6.45) is 0.431. The van der Waals surface area contributed by atoms with Crippen LogP contribution < -0.4 is 0 Å². The van der Waals surface area contributed by atoms with E-state index in [4.69, 9.17) is 9.47 Å². The van der Waals surface area contributed by atoms with E-state index in [2.05, 4.69) is 0 Å². The first-order valence-electron chi connectivity index (χ1n) is 7.11. The zero-order chi connectivity index (χ0) is 16.5. The zero-order valence-electron chi connectivity index (χ0n) is 13.3. The minimum absolute atomic E-state index is 0.113. The number of methoxy groups -OCH3 is 2. The Labute approximate surface area is 131 Å². The molecular weight excluding hydrogens is 309 g/mol. The van der Waals surface area contributed by atoms with Crippen LogP contribution in [0.3, 0.4) is 0 Å². The Morgan fingerprint density at radius 1 is 1.27 bits per heavy atom. The van der Waals surface area contributed by atoms with Crippen LogP contribution in [-0.2, 0) is 19.5 Å². The van der Waals surface area contributed by atoms with E-state index in [0.29, 0.717) is 24.2 Å². The van der Waals surface area contributed by atoms with Gasteiger partial charge < -0.3 is 9.47 Å². The molecule has 1 aliphatic rings. The Balaban J connectivity index is 2.40. The van der Waals surface area contributed by atoms with Gasteiger partial charge in [-0.25, -0.2) is 12.8 Å². The molecule has 2 atom stereocenters. The van der Waals surface area contributed by atoms with Crippen molar-refractivity contribution in [1.29, 1.82) is 0 Å². The maximum Gasteiger partial charge on any atom is 0.243 e. The number of hydrogen-bond acceptors (Lipinski definition) is 4. The second-order valence-corrected chi connectivity index (χ2v) is 7.54. The van der Waals surface area contributed by atoms with Crippen LogP contribution in [0.5, 0.6) is 0 Å². The van der Waals surface area contributed by atoms with Crippen molar-refractivity contribution in [2.24, 2.45) is 0 Å². The normalized spacial score (nSPS) is 23.1. The van der Waals surface area contributed by atoms with Crippen LogP contribution in [-0.4, -0.2) is 52.2 Å². The van der Waals surface area contributed by atoms with E-state index in [9.17, 15) is 12.8 Å². The summed E-state index contributed by atoms with van der Waals surface area (Å²) in [6, 6.07) is 2.48. The van der Waals surface area contributed by atoms with Crippen molar-refractivity contribution < 1.29 is 22.3 Å². The molecule has 0 bridgehead atoms. The monoisotopic (exact) mass is 331 g/mol. The number of rotatable bonds is 5. The average Bonchev–Trinajstić information content (AvgIpc) is 2.88. The Morgan fingerprint density at radius 3 is 2.36 bits per heavy atom. The van der Waals surface area contributed by atoms with Crippen LogP contribution >= 0.6 is 0 Å². The summed E-state index contributed by atoms with van der Waals surface area (Å²) in [7, 11) is -0.603. The number of nitrogens with zero attached hydrogens (tertiary/aromatic N) is 1. The summed E-state index contributed by atoms with van der Waals surface area (Å²) in [4.78, 5) is 0.113. The number of sulfonamides is 1. The van der Waals surface area contributed by atoms with Crippen molar-refractivity contribution in [2.45, 2.75) is 37.3 Å². The molecule has 0 unspecified atom stereocenters. The summed E-state index contributed by atoms with van der Waals surface area (Å²) < 4.78 is 51.3. The van der Waals surface area contributed by atoms with Gasteiger partial charge in [-0.1, -0.05) is 0 Å². The van der Waals surface area contributed by atoms with Crippen molar-refractivity contribution in [3.05, 3.63) is 29.1 Å². The molecule has 0 aliphatic carbocycles. The number of ether oxygens (including phenoxy) is 2. The largest absolute Gasteiger partial charge is 0.383 e. The standard InChI is InChI=1S/C15H22FNO4S/c1-10-5-14(6-11(2)15(10)16)22(18,19)17-8-13(21-4)7-12(17)9-20-3/h5-6,12-13H,7-9H2,1-4H3/t12-,13+/m0/s1. The third-order valence-electron chi connectivity index (χ3n) is 4.03. The predicted molar refractivity (Wildman–Crippen MR) is 80.8 cm³/mol. The summed E-state index contributed by atoms with van der Waals surface area (Å²) in [5, 5.41) is 0. The highest BCUT2D eigenvalue weighted by Gasteiger charge is 2.40. The van der Waals surface area contributed by atoms with E-state index in [1.165, 1.54) is 23.5 Å². The van der Waals surface area contributed by atoms with Gasteiger partial charge in [0, 0.05) is 20.8 Å². The van der Waals surface area contributed by atoms with Crippen LogP contribution in [0.15, 0.2) is 17.0 Å². The number of benzene rings is 1. The predicted octanol–water partition coefficient (Wildman–Crippen LogP) is 1.87. The van der Waals surface area contributed by atoms with Crippen molar-refractivity contribution in [2.75, 3.05) is 27.4 Å². The van der Waals surface area contributed by atoms with E-state index in [0.717, 1.165) is 0 Å². The van der Waals surface area contributed by atoms with E-state index in [1.54, 1.807) is 21.0 Å². The molecule has 0 spiro atoms. The fourth-order valence-electron chi connectivity index (χ4n) is 2.84. The molecule has 1 saturated heterocycles. The molecule has 2 rings (SSSR count). The van der Waals surface area contributed by atoms with Crippen LogP contribution in [0.2, 0.25) is 0 Å². The first-order valence-corrected chi connectivity index (χ1v) is 8.55. The summed E-state index contributed by atoms with van der Waals surface area (Å²) in [6.45, 7) is 3.71. The van der Waals surface area contributed by atoms with Gasteiger partial charge in [0.05, 0.1) is 23.6 Å². The van der Waals surface area contributed by atoms with Gasteiger partial charge in [-0.05, 0) is 43.5 Å². The van der Waals surface area contributed by atoms with E-state index in [1.807, 2.05) is 0 Å². The first-order chi connectivity index (χ1) is 10.3. The van der Waals surface area contributed by atoms with Gasteiger partial charge in [0.15, 0.2) is 0 Å². The highest BCUT2D eigenvalue weighted by Crippen LogP contribution is 2.29. The fraction of sp³-hybridized carbons (Fsp3) is 0.600. The van der Waals surface area contributed by atoms with E-state index < -0.39 is 10.0 Å². The molecule has 1 aromatic carbocycles. The van der Waals surface area contributed by atoms with Crippen LogP contribution in [0, 0.1) is 19.7 Å². The third-order valence-corrected chi connectivity index (χ3v) is 5.93. The minimum Gasteiger partial charge on any atom is -0.383 e. The van der Waals surface area contributed by atoms with Crippen LogP contribution in [0.1, 0.15) is 17.5 Å². The van der Waals surface area contributed by atoms with Gasteiger partial charge in [0.2, 0.25) is 10.0 Å². The molecule has 1 aromatic rings. The maximum absolute atomic E-state index is 13.7. The second-order valence-electron chi connectivity index (χ2n) is 5.65. The first kappa shape index (κ1) is 17.3. The average molecular weight is 331 g/mol. The summed E-state index contributed by atoms with van der Waals surface area (Å²) >= 11 is 0. The van der Waals surface area contributed by atoms with Gasteiger partial charge in [0.25, 0.3) is 0 Å². The highest BCUT2D eigenvalue weighted by atomic mass is 32.2. The minimum atomic E-state index is -3.71. The molecule has 1 aliphatic heterocycles. The van der Waals surface area contributed by atoms with Crippen molar-refractivity contribution in [3.63, 3.8) is 0 Å². The number of halogens is 1. The quantitative estimate of drug-likeness (QED) is 0.826. The highest BCUT2D eigenvalue weighted by molar-refractivity contribution is 7.89. The molecule has 0 radical (unpaired) electrons. The Kier molecular flexibility index (Phi) is 5.21. The van der Waals surface area contributed by atoms with E-state index in [-0.39, 0.29) is 29.4 Å². The molecule has 5 nitrogen and oxygen atoms in total. The Morgan fingerprint density at radius 2 is 1.86 bits per heavy atom. The molecule has 124 valence electrons. The summed E-state index contributed by atoms with van der Waals surface area (Å²) in [5.41, 5.74) is 0.647. The Hall–Kier alpha value is -1.02. The van der Waals surface area contributed by atoms with E-state index >= 15 is 0 Å². The van der Waals surface area contributed by atoms with Crippen molar-refractivity contribution >= 4 is 10.0 Å². The topological polar surface area (TPSA) is 55.8 Å². The van der Waals surface area contributed by atoms with Gasteiger partial charge >= 0.3 is 0 Å². The lowest BCUT2D eigenvalue weighted by Crippen LogP contribution is -2.38. The van der Waals surface area contributed by atoms with Gasteiger partial charge in [0.1, 0.15) is 5.82 Å². The van der Waals surface area contributed by atoms with Crippen molar-refractivity contribution in [1.82, 2.24) is 4.31 Å². The molecule has 7 heteroatoms. The lowest BCUT2D eigenvalue weighted by Gasteiger charge is -2.23. The lowest BCUT2D eigenvalue weighted by molar-refractivity contribution is 0.110. The van der Waals surface area contributed by atoms with Crippen LogP contribution in [0.4, 0.5) is 4.39 Å². The lowest BCUT2D eigenvalue weighted by atomic mass is 10.1. The number of hydrogen-bond donors (Lipinski definition) is 0. The van der Waals surface area contributed by atoms with Gasteiger partial charge in [-0.3, -0.25) is 0 Å². The summed E-state index contributed by atoms with van der Waals surface area (Å²) in [5.74, 6) is -0.372. The zero-order valence-corrected chi connectivity index (χ0v) is 14.1. The fourth-order valence-corrected chi connectivity index (χ4v) is 4.67. The maximum atomic E-state index is 13.7.